The van der Waals surface area contributed by atoms with Gasteiger partial charge in [0.2, 0.25) is 0 Å². The molecule has 0 aliphatic heterocycles. The van der Waals surface area contributed by atoms with Gasteiger partial charge >= 0.3 is 0 Å². The molecule has 8 rings (SSSR count). The lowest BCUT2D eigenvalue weighted by atomic mass is 10.0. The second kappa shape index (κ2) is 6.39. The highest BCUT2D eigenvalue weighted by atomic mass is 15.0. The van der Waals surface area contributed by atoms with E-state index in [1.54, 1.807) is 6.20 Å². The second-order valence-electron chi connectivity index (χ2n) is 8.60. The van der Waals surface area contributed by atoms with Gasteiger partial charge in [-0.25, -0.2) is 4.98 Å². The number of rotatable bonds is 1. The zero-order chi connectivity index (χ0) is 22.2. The van der Waals surface area contributed by atoms with E-state index in [1.165, 1.54) is 21.7 Å². The summed E-state index contributed by atoms with van der Waals surface area (Å²) in [5.74, 6) is 0. The Balaban J connectivity index is 1.76. The summed E-state index contributed by atoms with van der Waals surface area (Å²) < 4.78 is 4.58. The summed E-state index contributed by atoms with van der Waals surface area (Å²) in [6.07, 6.45) is 7.48. The van der Waals surface area contributed by atoms with Gasteiger partial charge < -0.3 is 4.57 Å². The summed E-state index contributed by atoms with van der Waals surface area (Å²) in [6.45, 7) is 0. The molecule has 0 atom stereocenters. The maximum absolute atomic E-state index is 5.13. The first-order valence-electron chi connectivity index (χ1n) is 11.3. The first-order chi connectivity index (χ1) is 16.9. The van der Waals surface area contributed by atoms with Gasteiger partial charge in [-0.05, 0) is 35.7 Å². The number of nitrogens with zero attached hydrogens (tertiary/aromatic N) is 5. The fourth-order valence-electron chi connectivity index (χ4n) is 5.48. The van der Waals surface area contributed by atoms with Crippen molar-refractivity contribution in [3.05, 3.63) is 104 Å². The van der Waals surface area contributed by atoms with E-state index in [2.05, 4.69) is 91.7 Å². The Morgan fingerprint density at radius 3 is 2.21 bits per heavy atom. The van der Waals surface area contributed by atoms with Crippen LogP contribution in [0, 0.1) is 0 Å². The maximum atomic E-state index is 5.13. The van der Waals surface area contributed by atoms with Crippen LogP contribution in [0.25, 0.3) is 65.8 Å². The third-order valence-electron chi connectivity index (χ3n) is 6.86. The zero-order valence-electron chi connectivity index (χ0n) is 18.1. The molecule has 8 aromatic rings. The van der Waals surface area contributed by atoms with Gasteiger partial charge in [-0.15, -0.1) is 0 Å². The Morgan fingerprint density at radius 1 is 0.559 bits per heavy atom. The number of hydrogen-bond acceptors (Lipinski definition) is 3. The summed E-state index contributed by atoms with van der Waals surface area (Å²) >= 11 is 0. The van der Waals surface area contributed by atoms with Crippen molar-refractivity contribution >= 4 is 60.2 Å². The van der Waals surface area contributed by atoms with Gasteiger partial charge in [0.25, 0.3) is 0 Å². The minimum absolute atomic E-state index is 0.920. The molecular formula is C29H17N5. The molecule has 0 aliphatic rings. The van der Waals surface area contributed by atoms with Crippen LogP contribution in [-0.4, -0.2) is 23.9 Å². The first kappa shape index (κ1) is 17.7. The predicted molar refractivity (Wildman–Crippen MR) is 138 cm³/mol. The molecule has 0 unspecified atom stereocenters. The van der Waals surface area contributed by atoms with Crippen molar-refractivity contribution in [2.45, 2.75) is 0 Å². The summed E-state index contributed by atoms with van der Waals surface area (Å²) in [6, 6.07) is 27.7. The number of fused-ring (bicyclic) bond motifs is 12. The molecule has 5 heteroatoms. The maximum Gasteiger partial charge on any atom is 0.148 e. The lowest BCUT2D eigenvalue weighted by molar-refractivity contribution is 1.18. The summed E-state index contributed by atoms with van der Waals surface area (Å²) in [5, 5.41) is 5.89. The van der Waals surface area contributed by atoms with Crippen molar-refractivity contribution < 1.29 is 0 Å². The van der Waals surface area contributed by atoms with Crippen LogP contribution >= 0.6 is 0 Å². The van der Waals surface area contributed by atoms with Crippen LogP contribution < -0.4 is 0 Å². The average Bonchev–Trinajstić information content (AvgIpc) is 3.45. The van der Waals surface area contributed by atoms with E-state index in [0.717, 1.165) is 44.2 Å². The van der Waals surface area contributed by atoms with Gasteiger partial charge in [-0.2, -0.15) is 0 Å². The predicted octanol–water partition coefficient (Wildman–Crippen LogP) is 6.68. The average molecular weight is 435 g/mol. The Morgan fingerprint density at radius 2 is 1.29 bits per heavy atom. The molecule has 0 fully saturated rings. The van der Waals surface area contributed by atoms with E-state index in [4.69, 9.17) is 4.98 Å². The highest BCUT2D eigenvalue weighted by molar-refractivity contribution is 6.27. The normalized spacial score (nSPS) is 12.1. The van der Waals surface area contributed by atoms with Crippen molar-refractivity contribution in [2.24, 2.45) is 0 Å². The number of benzene rings is 3. The minimum Gasteiger partial charge on any atom is -0.308 e. The molecule has 5 nitrogen and oxygen atoms in total. The molecule has 34 heavy (non-hydrogen) atoms. The number of aromatic nitrogens is 5. The Bertz CT molecular complexity index is 2070. The number of para-hydroxylation sites is 2. The van der Waals surface area contributed by atoms with Crippen LogP contribution in [-0.2, 0) is 0 Å². The SMILES string of the molecule is c1ccc(-n2c3ccccc3c3ccc4c5ccncc5n5c6cnccc6nc5c4c32)cc1. The van der Waals surface area contributed by atoms with Crippen LogP contribution in [0.15, 0.2) is 104 Å². The highest BCUT2D eigenvalue weighted by Gasteiger charge is 2.20. The van der Waals surface area contributed by atoms with Crippen LogP contribution in [0.4, 0.5) is 0 Å². The van der Waals surface area contributed by atoms with Gasteiger partial charge in [-0.1, -0.05) is 48.5 Å². The zero-order valence-corrected chi connectivity index (χ0v) is 18.1. The second-order valence-corrected chi connectivity index (χ2v) is 8.60. The van der Waals surface area contributed by atoms with E-state index in [1.807, 2.05) is 24.7 Å². The van der Waals surface area contributed by atoms with Gasteiger partial charge in [0.1, 0.15) is 5.65 Å². The largest absolute Gasteiger partial charge is 0.308 e. The van der Waals surface area contributed by atoms with E-state index in [9.17, 15) is 0 Å². The Hall–Kier alpha value is -4.77. The molecule has 0 bridgehead atoms. The topological polar surface area (TPSA) is 48.0 Å². The summed E-state index contributed by atoms with van der Waals surface area (Å²) in [4.78, 5) is 14.0. The van der Waals surface area contributed by atoms with Crippen LogP contribution in [0.2, 0.25) is 0 Å². The van der Waals surface area contributed by atoms with E-state index in [0.29, 0.717) is 0 Å². The van der Waals surface area contributed by atoms with E-state index < -0.39 is 0 Å². The monoisotopic (exact) mass is 435 g/mol. The van der Waals surface area contributed by atoms with E-state index >= 15 is 0 Å². The molecule has 0 amide bonds. The molecule has 3 aromatic carbocycles. The van der Waals surface area contributed by atoms with Crippen LogP contribution in [0.3, 0.4) is 0 Å². The van der Waals surface area contributed by atoms with Crippen molar-refractivity contribution in [2.75, 3.05) is 0 Å². The molecule has 0 aliphatic carbocycles. The third kappa shape index (κ3) is 2.16. The molecular weight excluding hydrogens is 418 g/mol. The quantitative estimate of drug-likeness (QED) is 0.270. The van der Waals surface area contributed by atoms with Crippen molar-refractivity contribution in [1.29, 1.82) is 0 Å². The third-order valence-corrected chi connectivity index (χ3v) is 6.86. The van der Waals surface area contributed by atoms with Gasteiger partial charge in [0, 0.05) is 34.2 Å². The van der Waals surface area contributed by atoms with Crippen molar-refractivity contribution in [3.8, 4) is 5.69 Å². The van der Waals surface area contributed by atoms with E-state index in [-0.39, 0.29) is 0 Å². The fourth-order valence-corrected chi connectivity index (χ4v) is 5.48. The van der Waals surface area contributed by atoms with Gasteiger partial charge in [0.15, 0.2) is 0 Å². The molecule has 158 valence electrons. The molecule has 0 spiro atoms. The Kier molecular flexibility index (Phi) is 3.34. The molecule has 0 N–H and O–H groups in total. The minimum atomic E-state index is 0.920. The van der Waals surface area contributed by atoms with Crippen molar-refractivity contribution in [1.82, 2.24) is 23.9 Å². The van der Waals surface area contributed by atoms with Gasteiger partial charge in [-0.3, -0.25) is 14.4 Å². The van der Waals surface area contributed by atoms with Crippen molar-refractivity contribution in [3.63, 3.8) is 0 Å². The molecule has 5 heterocycles. The number of hydrogen-bond donors (Lipinski definition) is 0. The van der Waals surface area contributed by atoms with Crippen LogP contribution in [0.5, 0.6) is 0 Å². The van der Waals surface area contributed by atoms with Crippen LogP contribution in [0.1, 0.15) is 0 Å². The molecule has 5 aromatic heterocycles. The molecule has 0 saturated heterocycles. The molecule has 0 radical (unpaired) electrons. The molecule has 0 saturated carbocycles. The fraction of sp³-hybridized carbons (Fsp3) is 0. The lowest BCUT2D eigenvalue weighted by Gasteiger charge is -2.13. The summed E-state index contributed by atoms with van der Waals surface area (Å²) in [5.41, 5.74) is 7.33. The first-order valence-corrected chi connectivity index (χ1v) is 11.3. The van der Waals surface area contributed by atoms with Gasteiger partial charge in [0.05, 0.1) is 45.4 Å². The standard InChI is InChI=1S/C29H17N5/c1-2-6-18(7-3-1)33-24-9-5-4-8-19(24)22-11-10-21-20-12-14-30-16-25(20)34-26-17-31-15-13-23(26)32-29(34)27(21)28(22)33/h1-17H. The number of pyridine rings is 3. The summed E-state index contributed by atoms with van der Waals surface area (Å²) in [7, 11) is 0. The highest BCUT2D eigenvalue weighted by Crippen LogP contribution is 2.41. The Labute approximate surface area is 193 Å². The number of imidazole rings is 1. The lowest BCUT2D eigenvalue weighted by Crippen LogP contribution is -1.97. The smallest absolute Gasteiger partial charge is 0.148 e.